The smallest absolute Gasteiger partial charge is 0.289 e. The lowest BCUT2D eigenvalue weighted by molar-refractivity contribution is -0.125. The summed E-state index contributed by atoms with van der Waals surface area (Å²) in [6, 6.07) is 11.1. The van der Waals surface area contributed by atoms with Crippen molar-refractivity contribution in [1.82, 2.24) is 9.80 Å². The van der Waals surface area contributed by atoms with E-state index in [1.54, 1.807) is 34.4 Å². The van der Waals surface area contributed by atoms with Crippen LogP contribution in [0.2, 0.25) is 0 Å². The van der Waals surface area contributed by atoms with Crippen LogP contribution in [0.1, 0.15) is 27.7 Å². The van der Waals surface area contributed by atoms with Gasteiger partial charge in [0.1, 0.15) is 0 Å². The molecule has 0 atom stereocenters. The number of hydrogen-bond acceptors (Lipinski definition) is 5. The third-order valence-electron chi connectivity index (χ3n) is 3.95. The Morgan fingerprint density at radius 2 is 2.08 bits per heavy atom. The van der Waals surface area contributed by atoms with E-state index in [1.165, 1.54) is 4.90 Å². The number of nitrogens with zero attached hydrogens (tertiary/aromatic N) is 2. The van der Waals surface area contributed by atoms with Gasteiger partial charge in [0, 0.05) is 17.0 Å². The van der Waals surface area contributed by atoms with E-state index in [9.17, 15) is 14.4 Å². The van der Waals surface area contributed by atoms with Crippen LogP contribution in [-0.2, 0) is 17.9 Å². The zero-order valence-electron chi connectivity index (χ0n) is 13.8. The summed E-state index contributed by atoms with van der Waals surface area (Å²) in [5.41, 5.74) is 1.35. The number of rotatable bonds is 6. The molecule has 3 rings (SSSR count). The van der Waals surface area contributed by atoms with Gasteiger partial charge in [-0.15, -0.1) is 11.3 Å². The molecule has 0 unspecified atom stereocenters. The second-order valence-electron chi connectivity index (χ2n) is 5.63. The molecule has 0 radical (unpaired) electrons. The predicted octanol–water partition coefficient (Wildman–Crippen LogP) is 3.61. The minimum atomic E-state index is -0.227. The van der Waals surface area contributed by atoms with Crippen molar-refractivity contribution in [2.75, 3.05) is 12.3 Å². The molecule has 1 saturated heterocycles. The number of imide groups is 1. The number of carbonyl (C=O) groups excluding carboxylic acids is 3. The highest BCUT2D eigenvalue weighted by molar-refractivity contribution is 8.14. The van der Waals surface area contributed by atoms with Crippen molar-refractivity contribution in [1.29, 1.82) is 0 Å². The molecule has 130 valence electrons. The van der Waals surface area contributed by atoms with E-state index in [2.05, 4.69) is 0 Å². The first kappa shape index (κ1) is 17.7. The minimum Gasteiger partial charge on any atom is -0.334 e. The number of hydrogen-bond donors (Lipinski definition) is 0. The van der Waals surface area contributed by atoms with Crippen LogP contribution in [0.5, 0.6) is 0 Å². The Hall–Kier alpha value is -2.12. The van der Waals surface area contributed by atoms with E-state index < -0.39 is 0 Å². The molecular formula is C18H18N2O3S2. The van der Waals surface area contributed by atoms with Gasteiger partial charge < -0.3 is 4.90 Å². The minimum absolute atomic E-state index is 0.0498. The fourth-order valence-electron chi connectivity index (χ4n) is 2.62. The van der Waals surface area contributed by atoms with Crippen LogP contribution in [-0.4, -0.2) is 39.2 Å². The second kappa shape index (κ2) is 7.84. The van der Waals surface area contributed by atoms with Gasteiger partial charge in [-0.05, 0) is 36.1 Å². The molecule has 7 heteroatoms. The summed E-state index contributed by atoms with van der Waals surface area (Å²) >= 11 is 2.64. The van der Waals surface area contributed by atoms with Gasteiger partial charge in [0.05, 0.1) is 18.8 Å². The number of benzene rings is 1. The van der Waals surface area contributed by atoms with E-state index in [4.69, 9.17) is 0 Å². The highest BCUT2D eigenvalue weighted by Gasteiger charge is 2.29. The topological polar surface area (TPSA) is 57.7 Å². The molecule has 0 spiro atoms. The molecule has 1 aromatic carbocycles. The van der Waals surface area contributed by atoms with Crippen LogP contribution in [0.3, 0.4) is 0 Å². The summed E-state index contributed by atoms with van der Waals surface area (Å²) in [7, 11) is 0. The first-order chi connectivity index (χ1) is 12.1. The summed E-state index contributed by atoms with van der Waals surface area (Å²) in [6.07, 6.45) is 0. The van der Waals surface area contributed by atoms with Crippen LogP contribution in [0, 0.1) is 0 Å². The number of amides is 3. The maximum atomic E-state index is 12.8. The Balaban J connectivity index is 1.74. The van der Waals surface area contributed by atoms with Gasteiger partial charge in [-0.1, -0.05) is 30.0 Å². The second-order valence-corrected chi connectivity index (χ2v) is 7.59. The Morgan fingerprint density at radius 1 is 1.24 bits per heavy atom. The van der Waals surface area contributed by atoms with Crippen LogP contribution in [0.25, 0.3) is 0 Å². The van der Waals surface area contributed by atoms with Gasteiger partial charge in [0.2, 0.25) is 5.91 Å². The Kier molecular flexibility index (Phi) is 5.55. The number of thiophene rings is 1. The summed E-state index contributed by atoms with van der Waals surface area (Å²) < 4.78 is 0. The third kappa shape index (κ3) is 4.11. The van der Waals surface area contributed by atoms with Crippen LogP contribution in [0.4, 0.5) is 4.79 Å². The standard InChI is InChI=1S/C18H18N2O3S2/c1-2-19(11-15-7-4-8-24-15)17(22)14-6-3-5-13(9-14)10-20-16(21)12-25-18(20)23/h3-9H,2,10-12H2,1H3. The van der Waals surface area contributed by atoms with Crippen LogP contribution in [0.15, 0.2) is 41.8 Å². The Morgan fingerprint density at radius 3 is 2.72 bits per heavy atom. The molecule has 0 N–H and O–H groups in total. The zero-order valence-corrected chi connectivity index (χ0v) is 15.4. The van der Waals surface area contributed by atoms with Crippen LogP contribution >= 0.6 is 23.1 Å². The Bertz CT molecular complexity index is 773. The number of thioether (sulfide) groups is 1. The van der Waals surface area contributed by atoms with Gasteiger partial charge in [-0.2, -0.15) is 0 Å². The maximum absolute atomic E-state index is 12.8. The average Bonchev–Trinajstić information content (AvgIpc) is 3.24. The maximum Gasteiger partial charge on any atom is 0.289 e. The fourth-order valence-corrected chi connectivity index (χ4v) is 4.06. The lowest BCUT2D eigenvalue weighted by Gasteiger charge is -2.21. The highest BCUT2D eigenvalue weighted by Crippen LogP contribution is 2.22. The summed E-state index contributed by atoms with van der Waals surface area (Å²) in [6.45, 7) is 3.36. The van der Waals surface area contributed by atoms with E-state index in [0.29, 0.717) is 18.7 Å². The first-order valence-electron chi connectivity index (χ1n) is 7.96. The van der Waals surface area contributed by atoms with E-state index in [-0.39, 0.29) is 29.4 Å². The largest absolute Gasteiger partial charge is 0.334 e. The molecule has 1 aromatic heterocycles. The molecule has 2 aromatic rings. The summed E-state index contributed by atoms with van der Waals surface area (Å²) in [4.78, 5) is 40.4. The molecule has 0 saturated carbocycles. The van der Waals surface area contributed by atoms with Crippen molar-refractivity contribution < 1.29 is 14.4 Å². The first-order valence-corrected chi connectivity index (χ1v) is 9.82. The van der Waals surface area contributed by atoms with E-state index in [1.807, 2.05) is 30.5 Å². The molecule has 2 heterocycles. The van der Waals surface area contributed by atoms with Gasteiger partial charge >= 0.3 is 0 Å². The van der Waals surface area contributed by atoms with E-state index >= 15 is 0 Å². The molecule has 1 aliphatic rings. The number of carbonyl (C=O) groups is 3. The lowest BCUT2D eigenvalue weighted by atomic mass is 10.1. The third-order valence-corrected chi connectivity index (χ3v) is 5.67. The molecule has 1 fully saturated rings. The average molecular weight is 374 g/mol. The van der Waals surface area contributed by atoms with Crippen molar-refractivity contribution in [3.8, 4) is 0 Å². The van der Waals surface area contributed by atoms with E-state index in [0.717, 1.165) is 22.2 Å². The van der Waals surface area contributed by atoms with Gasteiger partial charge in [-0.25, -0.2) is 0 Å². The van der Waals surface area contributed by atoms with Crippen molar-refractivity contribution >= 4 is 40.2 Å². The van der Waals surface area contributed by atoms with Crippen molar-refractivity contribution in [2.24, 2.45) is 0 Å². The SMILES string of the molecule is CCN(Cc1cccs1)C(=O)c1cccc(CN2C(=O)CSC2=O)c1. The molecule has 0 bridgehead atoms. The molecule has 3 amide bonds. The lowest BCUT2D eigenvalue weighted by Crippen LogP contribution is -2.30. The summed E-state index contributed by atoms with van der Waals surface area (Å²) in [5.74, 6) is -0.0344. The van der Waals surface area contributed by atoms with Gasteiger partial charge in [0.15, 0.2) is 0 Å². The van der Waals surface area contributed by atoms with Crippen LogP contribution < -0.4 is 0 Å². The molecule has 5 nitrogen and oxygen atoms in total. The Labute approximate surface area is 154 Å². The van der Waals surface area contributed by atoms with Crippen molar-refractivity contribution in [2.45, 2.75) is 20.0 Å². The van der Waals surface area contributed by atoms with Gasteiger partial charge in [-0.3, -0.25) is 19.3 Å². The van der Waals surface area contributed by atoms with Crippen molar-refractivity contribution in [3.63, 3.8) is 0 Å². The van der Waals surface area contributed by atoms with Gasteiger partial charge in [0.25, 0.3) is 11.1 Å². The fraction of sp³-hybridized carbons (Fsp3) is 0.278. The summed E-state index contributed by atoms with van der Waals surface area (Å²) in [5, 5.41) is 1.77. The van der Waals surface area contributed by atoms with Crippen molar-refractivity contribution in [3.05, 3.63) is 57.8 Å². The molecule has 25 heavy (non-hydrogen) atoms. The molecule has 0 aliphatic carbocycles. The zero-order chi connectivity index (χ0) is 17.8. The highest BCUT2D eigenvalue weighted by atomic mass is 32.2. The quantitative estimate of drug-likeness (QED) is 0.775. The molecular weight excluding hydrogens is 356 g/mol. The molecule has 1 aliphatic heterocycles. The predicted molar refractivity (Wildman–Crippen MR) is 99.6 cm³/mol. The normalized spacial score (nSPS) is 14.2. The monoisotopic (exact) mass is 374 g/mol.